The summed E-state index contributed by atoms with van der Waals surface area (Å²) in [6.45, 7) is 18.0. The Balaban J connectivity index is -0.000000567. The fourth-order valence-electron chi connectivity index (χ4n) is 1.50. The van der Waals surface area contributed by atoms with Crippen LogP contribution in [0.2, 0.25) is 0 Å². The fraction of sp³-hybridized carbons (Fsp3) is 0.650. The summed E-state index contributed by atoms with van der Waals surface area (Å²) in [5, 5.41) is 2.50. The number of pyridine rings is 1. The Morgan fingerprint density at radius 1 is 1.19 bits per heavy atom. The Morgan fingerprint density at radius 2 is 1.62 bits per heavy atom. The first kappa shape index (κ1) is 28.8. The Bertz CT molecular complexity index is 510. The number of aromatic nitrogens is 1. The van der Waals surface area contributed by atoms with Crippen molar-refractivity contribution in [1.29, 1.82) is 0 Å². The number of aryl methyl sites for hydroxylation is 1. The van der Waals surface area contributed by atoms with Crippen LogP contribution in [0, 0.1) is 6.92 Å². The molecule has 5 nitrogen and oxygen atoms in total. The molecule has 1 rings (SSSR count). The maximum Gasteiger partial charge on any atom is 0.413 e. The lowest BCUT2D eigenvalue weighted by molar-refractivity contribution is 0.0635. The highest BCUT2D eigenvalue weighted by atomic mass is 19.1. The molecule has 1 amide bonds. The van der Waals surface area contributed by atoms with E-state index in [9.17, 15) is 14.0 Å². The van der Waals surface area contributed by atoms with Crippen LogP contribution in [0.5, 0.6) is 0 Å². The van der Waals surface area contributed by atoms with Gasteiger partial charge in [0.25, 0.3) is 0 Å². The van der Waals surface area contributed by atoms with Crippen LogP contribution < -0.4 is 5.32 Å². The molecule has 1 heterocycles. The van der Waals surface area contributed by atoms with E-state index in [1.54, 1.807) is 33.8 Å². The van der Waals surface area contributed by atoms with Crippen LogP contribution in [-0.4, -0.2) is 29.1 Å². The van der Waals surface area contributed by atoms with Crippen molar-refractivity contribution in [2.24, 2.45) is 0 Å². The number of amides is 1. The zero-order chi connectivity index (χ0) is 21.3. The van der Waals surface area contributed by atoms with E-state index in [0.717, 1.165) is 5.56 Å². The van der Waals surface area contributed by atoms with Crippen molar-refractivity contribution in [2.45, 2.75) is 81.3 Å². The topological polar surface area (TPSA) is 68.3 Å². The first-order chi connectivity index (χ1) is 12.0. The van der Waals surface area contributed by atoms with E-state index in [1.165, 1.54) is 26.5 Å². The molecule has 0 unspecified atom stereocenters. The lowest BCUT2D eigenvalue weighted by Gasteiger charge is -2.20. The highest BCUT2D eigenvalue weighted by Gasteiger charge is 2.19. The number of carbonyl (C=O) groups excluding carboxylic acids is 2. The maximum atomic E-state index is 11.6. The molecule has 0 aliphatic rings. The summed E-state index contributed by atoms with van der Waals surface area (Å²) in [6, 6.07) is 1.72. The van der Waals surface area contributed by atoms with E-state index in [2.05, 4.69) is 24.1 Å². The number of anilines is 1. The minimum Gasteiger partial charge on any atom is -0.444 e. The van der Waals surface area contributed by atoms with Gasteiger partial charge in [0.05, 0.1) is 12.2 Å². The van der Waals surface area contributed by atoms with Gasteiger partial charge in [-0.15, -0.1) is 0 Å². The van der Waals surface area contributed by atoms with Gasteiger partial charge in [-0.2, -0.15) is 0 Å². The van der Waals surface area contributed by atoms with Crippen LogP contribution >= 0.6 is 0 Å². The van der Waals surface area contributed by atoms with E-state index < -0.39 is 11.7 Å². The molecule has 0 aromatic carbocycles. The molecule has 0 aliphatic heterocycles. The molecule has 0 saturated carbocycles. The van der Waals surface area contributed by atoms with Gasteiger partial charge in [0, 0.05) is 6.20 Å². The standard InChI is InChI=1S/C13H18N2O3.C3H8.C2H5F.C2H6/c1-8-6-7-14-11(10(8)9(2)16)15-12(17)18-13(3,4)5;1-3-2;1-2-3;1-2/h6-7H,1-5H3,(H,14,15,17);3H2,1-2H3;2H2,1H3;1-2H3. The monoisotopic (exact) mass is 372 g/mol. The molecule has 0 saturated heterocycles. The zero-order valence-corrected chi connectivity index (χ0v) is 18.1. The lowest BCUT2D eigenvalue weighted by Crippen LogP contribution is -2.28. The smallest absolute Gasteiger partial charge is 0.413 e. The van der Waals surface area contributed by atoms with Gasteiger partial charge in [-0.05, 0) is 53.2 Å². The first-order valence-electron chi connectivity index (χ1n) is 9.06. The quantitative estimate of drug-likeness (QED) is 0.613. The van der Waals surface area contributed by atoms with Crippen molar-refractivity contribution >= 4 is 17.7 Å². The summed E-state index contributed by atoms with van der Waals surface area (Å²) in [5.41, 5.74) is 0.580. The number of nitrogens with one attached hydrogen (secondary N) is 1. The van der Waals surface area contributed by atoms with Crippen LogP contribution in [0.15, 0.2) is 12.3 Å². The third-order valence-electron chi connectivity index (χ3n) is 2.13. The van der Waals surface area contributed by atoms with Gasteiger partial charge in [-0.25, -0.2) is 9.78 Å². The van der Waals surface area contributed by atoms with Crippen molar-refractivity contribution in [3.63, 3.8) is 0 Å². The molecule has 0 radical (unpaired) electrons. The summed E-state index contributed by atoms with van der Waals surface area (Å²) in [4.78, 5) is 27.1. The molecule has 0 fully saturated rings. The number of Topliss-reactive ketones (excluding diaryl/α,β-unsaturated/α-hetero) is 1. The molecule has 0 bridgehead atoms. The van der Waals surface area contributed by atoms with Crippen molar-refractivity contribution in [3.05, 3.63) is 23.4 Å². The minimum atomic E-state index is -0.622. The van der Waals surface area contributed by atoms with Gasteiger partial charge in [0.2, 0.25) is 0 Å². The molecule has 1 N–H and O–H groups in total. The van der Waals surface area contributed by atoms with Gasteiger partial charge in [-0.1, -0.05) is 34.1 Å². The predicted octanol–water partition coefficient (Wildman–Crippen LogP) is 6.36. The number of rotatable bonds is 2. The van der Waals surface area contributed by atoms with Crippen LogP contribution in [-0.2, 0) is 4.74 Å². The molecule has 1 aromatic rings. The normalized spacial score (nSPS) is 9.19. The van der Waals surface area contributed by atoms with Crippen molar-refractivity contribution < 1.29 is 18.7 Å². The second kappa shape index (κ2) is 16.5. The number of hydrogen-bond acceptors (Lipinski definition) is 4. The maximum absolute atomic E-state index is 11.6. The molecule has 1 aromatic heterocycles. The Labute approximate surface area is 158 Å². The number of halogens is 1. The van der Waals surface area contributed by atoms with Gasteiger partial charge in [0.15, 0.2) is 5.78 Å². The summed E-state index contributed by atoms with van der Waals surface area (Å²) >= 11 is 0. The average Bonchev–Trinajstić information content (AvgIpc) is 2.48. The third-order valence-corrected chi connectivity index (χ3v) is 2.13. The molecular formula is C20H37FN2O3. The summed E-state index contributed by atoms with van der Waals surface area (Å²) in [7, 11) is 0. The van der Waals surface area contributed by atoms with Gasteiger partial charge in [-0.3, -0.25) is 14.5 Å². The van der Waals surface area contributed by atoms with Gasteiger partial charge >= 0.3 is 6.09 Å². The minimum absolute atomic E-state index is 0.147. The SMILES string of the molecule is CC.CC(=O)c1c(C)ccnc1NC(=O)OC(C)(C)C.CCC.CCF. The molecule has 26 heavy (non-hydrogen) atoms. The van der Waals surface area contributed by atoms with E-state index >= 15 is 0 Å². The van der Waals surface area contributed by atoms with Crippen LogP contribution in [0.25, 0.3) is 0 Å². The molecular weight excluding hydrogens is 335 g/mol. The largest absolute Gasteiger partial charge is 0.444 e. The molecule has 152 valence electrons. The second-order valence-electron chi connectivity index (χ2n) is 6.01. The van der Waals surface area contributed by atoms with E-state index in [-0.39, 0.29) is 18.3 Å². The van der Waals surface area contributed by atoms with Crippen molar-refractivity contribution in [1.82, 2.24) is 4.98 Å². The first-order valence-corrected chi connectivity index (χ1v) is 9.06. The summed E-state index contributed by atoms with van der Waals surface area (Å²) in [6.07, 6.45) is 2.16. The number of carbonyl (C=O) groups is 2. The molecule has 0 atom stereocenters. The van der Waals surface area contributed by atoms with Crippen molar-refractivity contribution in [2.75, 3.05) is 12.0 Å². The zero-order valence-electron chi connectivity index (χ0n) is 18.1. The van der Waals surface area contributed by atoms with Gasteiger partial charge < -0.3 is 4.74 Å². The van der Waals surface area contributed by atoms with Crippen LogP contribution in [0.3, 0.4) is 0 Å². The predicted molar refractivity (Wildman–Crippen MR) is 108 cm³/mol. The van der Waals surface area contributed by atoms with Gasteiger partial charge in [0.1, 0.15) is 11.4 Å². The van der Waals surface area contributed by atoms with E-state index in [0.29, 0.717) is 5.56 Å². The number of hydrogen-bond donors (Lipinski definition) is 1. The lowest BCUT2D eigenvalue weighted by atomic mass is 10.1. The number of ketones is 1. The highest BCUT2D eigenvalue weighted by Crippen LogP contribution is 2.18. The number of nitrogens with zero attached hydrogens (tertiary/aromatic N) is 1. The summed E-state index contributed by atoms with van der Waals surface area (Å²) < 4.78 is 15.4. The Morgan fingerprint density at radius 3 is 1.96 bits per heavy atom. The fourth-order valence-corrected chi connectivity index (χ4v) is 1.50. The Hall–Kier alpha value is -1.98. The molecule has 6 heteroatoms. The molecule has 0 spiro atoms. The van der Waals surface area contributed by atoms with Crippen LogP contribution in [0.1, 0.15) is 84.7 Å². The highest BCUT2D eigenvalue weighted by molar-refractivity contribution is 6.02. The molecule has 0 aliphatic carbocycles. The van der Waals surface area contributed by atoms with E-state index in [4.69, 9.17) is 4.74 Å². The Kier molecular flexibility index (Phi) is 18.3. The third kappa shape index (κ3) is 15.5. The average molecular weight is 373 g/mol. The summed E-state index contributed by atoms with van der Waals surface area (Å²) in [5.74, 6) is 0.0865. The second-order valence-corrected chi connectivity index (χ2v) is 6.01. The number of ether oxygens (including phenoxy) is 1. The number of alkyl halides is 1. The van der Waals surface area contributed by atoms with Crippen LogP contribution in [0.4, 0.5) is 15.0 Å². The van der Waals surface area contributed by atoms with E-state index in [1.807, 2.05) is 13.8 Å². The van der Waals surface area contributed by atoms with Crippen molar-refractivity contribution in [3.8, 4) is 0 Å².